The van der Waals surface area contributed by atoms with Gasteiger partial charge in [-0.2, -0.15) is 0 Å². The highest BCUT2D eigenvalue weighted by molar-refractivity contribution is 8.14. The van der Waals surface area contributed by atoms with Crippen molar-refractivity contribution in [3.8, 4) is 5.82 Å². The van der Waals surface area contributed by atoms with E-state index in [0.29, 0.717) is 10.3 Å². The molecule has 5 rings (SSSR count). The lowest BCUT2D eigenvalue weighted by atomic mass is 10.0. The Morgan fingerprint density at radius 2 is 2.04 bits per heavy atom. The first-order valence-corrected chi connectivity index (χ1v) is 10.2. The number of rotatable bonds is 3. The molecular formula is C20H18ClN5S. The summed E-state index contributed by atoms with van der Waals surface area (Å²) < 4.78 is 2.13. The van der Waals surface area contributed by atoms with Gasteiger partial charge in [-0.1, -0.05) is 36.4 Å². The number of fused-ring (bicyclic) bond motifs is 1. The molecule has 5 nitrogen and oxygen atoms in total. The van der Waals surface area contributed by atoms with Crippen LogP contribution in [0.1, 0.15) is 30.4 Å². The van der Waals surface area contributed by atoms with Crippen LogP contribution in [0.5, 0.6) is 0 Å². The van der Waals surface area contributed by atoms with Crippen molar-refractivity contribution in [3.05, 3.63) is 77.5 Å². The van der Waals surface area contributed by atoms with Gasteiger partial charge in [0, 0.05) is 36.1 Å². The van der Waals surface area contributed by atoms with Crippen LogP contribution in [0.15, 0.2) is 66.0 Å². The molecule has 7 heteroatoms. The largest absolute Gasteiger partial charge is 0.339 e. The van der Waals surface area contributed by atoms with E-state index >= 15 is 0 Å². The fourth-order valence-corrected chi connectivity index (χ4v) is 5.00. The van der Waals surface area contributed by atoms with Crippen molar-refractivity contribution in [1.29, 1.82) is 0 Å². The third kappa shape index (κ3) is 2.93. The van der Waals surface area contributed by atoms with Crippen molar-refractivity contribution in [2.24, 2.45) is 4.99 Å². The molecule has 0 aliphatic carbocycles. The van der Waals surface area contributed by atoms with E-state index in [0.717, 1.165) is 28.9 Å². The Balaban J connectivity index is 1.60. The Kier molecular flexibility index (Phi) is 4.17. The lowest BCUT2D eigenvalue weighted by Crippen LogP contribution is -2.30. The minimum Gasteiger partial charge on any atom is -0.339 e. The maximum atomic E-state index is 6.02. The average Bonchev–Trinajstić information content (AvgIpc) is 3.37. The fraction of sp³-hybridized carbons (Fsp3) is 0.250. The molecule has 0 aromatic carbocycles. The summed E-state index contributed by atoms with van der Waals surface area (Å²) >= 11 is 7.87. The lowest BCUT2D eigenvalue weighted by Gasteiger charge is -2.28. The lowest BCUT2D eigenvalue weighted by molar-refractivity contribution is 0.312. The normalized spacial score (nSPS) is 24.1. The van der Waals surface area contributed by atoms with Gasteiger partial charge in [0.25, 0.3) is 0 Å². The molecule has 27 heavy (non-hydrogen) atoms. The molecule has 0 radical (unpaired) electrons. The van der Waals surface area contributed by atoms with E-state index in [1.54, 1.807) is 6.20 Å². The molecule has 3 aromatic rings. The Labute approximate surface area is 167 Å². The number of hydrogen-bond donors (Lipinski definition) is 0. The number of hydrogen-bond acceptors (Lipinski definition) is 5. The Bertz CT molecular complexity index is 985. The highest BCUT2D eigenvalue weighted by atomic mass is 35.5. The minimum atomic E-state index is -0.0258. The Morgan fingerprint density at radius 3 is 2.81 bits per heavy atom. The molecule has 0 saturated carbocycles. The maximum absolute atomic E-state index is 6.02. The molecule has 3 atom stereocenters. The zero-order valence-electron chi connectivity index (χ0n) is 14.7. The molecule has 2 aliphatic rings. The first-order valence-electron chi connectivity index (χ1n) is 8.92. The number of halogens is 1. The van der Waals surface area contributed by atoms with E-state index < -0.39 is 0 Å². The van der Waals surface area contributed by atoms with Crippen LogP contribution in [0.25, 0.3) is 5.82 Å². The Hall–Kier alpha value is -2.31. The average molecular weight is 396 g/mol. The highest BCUT2D eigenvalue weighted by Gasteiger charge is 2.44. The molecule has 0 spiro atoms. The smallest absolute Gasteiger partial charge is 0.160 e. The molecule has 0 N–H and O–H groups in total. The molecule has 3 aromatic heterocycles. The molecule has 1 fully saturated rings. The second kappa shape index (κ2) is 6.69. The monoisotopic (exact) mass is 395 g/mol. The predicted octanol–water partition coefficient (Wildman–Crippen LogP) is 4.51. The Morgan fingerprint density at radius 1 is 1.11 bits per heavy atom. The van der Waals surface area contributed by atoms with Crippen molar-refractivity contribution in [1.82, 2.24) is 19.4 Å². The van der Waals surface area contributed by atoms with Gasteiger partial charge in [0.05, 0.1) is 16.8 Å². The summed E-state index contributed by atoms with van der Waals surface area (Å²) in [4.78, 5) is 16.6. The molecule has 136 valence electrons. The van der Waals surface area contributed by atoms with E-state index in [-0.39, 0.29) is 12.1 Å². The van der Waals surface area contributed by atoms with Crippen LogP contribution < -0.4 is 0 Å². The van der Waals surface area contributed by atoms with Crippen molar-refractivity contribution < 1.29 is 0 Å². The van der Waals surface area contributed by atoms with E-state index in [4.69, 9.17) is 16.6 Å². The van der Waals surface area contributed by atoms with Gasteiger partial charge in [-0.05, 0) is 36.4 Å². The second-order valence-electron chi connectivity index (χ2n) is 6.77. The predicted molar refractivity (Wildman–Crippen MR) is 109 cm³/mol. The van der Waals surface area contributed by atoms with E-state index in [9.17, 15) is 0 Å². The van der Waals surface area contributed by atoms with Crippen molar-refractivity contribution in [2.75, 3.05) is 6.54 Å². The van der Waals surface area contributed by atoms with Crippen LogP contribution >= 0.6 is 23.4 Å². The number of nitrogens with zero attached hydrogens (tertiary/aromatic N) is 5. The number of thioether (sulfide) groups is 1. The fourth-order valence-electron chi connectivity index (χ4n) is 3.79. The summed E-state index contributed by atoms with van der Waals surface area (Å²) in [5.74, 6) is 0.854. The van der Waals surface area contributed by atoms with Gasteiger partial charge in [-0.25, -0.2) is 4.98 Å². The van der Waals surface area contributed by atoms with Gasteiger partial charge in [0.15, 0.2) is 5.17 Å². The van der Waals surface area contributed by atoms with Crippen LogP contribution in [-0.2, 0) is 0 Å². The zero-order valence-corrected chi connectivity index (χ0v) is 16.3. The van der Waals surface area contributed by atoms with Crippen molar-refractivity contribution >= 4 is 28.5 Å². The van der Waals surface area contributed by atoms with Crippen LogP contribution in [0.2, 0.25) is 5.02 Å². The molecule has 2 aliphatic heterocycles. The summed E-state index contributed by atoms with van der Waals surface area (Å²) in [6.07, 6.45) is 5.57. The number of aliphatic imine (C=N–C) groups is 1. The zero-order chi connectivity index (χ0) is 18.4. The van der Waals surface area contributed by atoms with E-state index in [1.807, 2.05) is 48.4 Å². The molecule has 0 bridgehead atoms. The van der Waals surface area contributed by atoms with Crippen LogP contribution in [0.4, 0.5) is 0 Å². The first kappa shape index (κ1) is 16.8. The molecule has 0 amide bonds. The quantitative estimate of drug-likeness (QED) is 0.654. The van der Waals surface area contributed by atoms with Gasteiger partial charge in [-0.3, -0.25) is 9.98 Å². The summed E-state index contributed by atoms with van der Waals surface area (Å²) in [6, 6.07) is 14.1. The molecule has 0 unspecified atom stereocenters. The van der Waals surface area contributed by atoms with Crippen molar-refractivity contribution in [3.63, 3.8) is 0 Å². The highest BCUT2D eigenvalue weighted by Crippen LogP contribution is 2.47. The van der Waals surface area contributed by atoms with Crippen LogP contribution in [-0.4, -0.2) is 36.4 Å². The SMILES string of the molecule is C[C@@H]1CN2C(=N[C@@H](c3ccccn3)[C@@H]2c2cccn2-c2ccc(Cl)cn2)S1. The number of pyridine rings is 2. The second-order valence-corrected chi connectivity index (χ2v) is 8.62. The topological polar surface area (TPSA) is 46.3 Å². The summed E-state index contributed by atoms with van der Waals surface area (Å²) in [5, 5.41) is 2.28. The van der Waals surface area contributed by atoms with Gasteiger partial charge in [0.2, 0.25) is 0 Å². The summed E-state index contributed by atoms with van der Waals surface area (Å²) in [7, 11) is 0. The number of aromatic nitrogens is 3. The minimum absolute atomic E-state index is 0.0258. The van der Waals surface area contributed by atoms with Gasteiger partial charge >= 0.3 is 0 Å². The summed E-state index contributed by atoms with van der Waals surface area (Å²) in [6.45, 7) is 3.23. The van der Waals surface area contributed by atoms with E-state index in [1.165, 1.54) is 0 Å². The third-order valence-electron chi connectivity index (χ3n) is 4.92. The summed E-state index contributed by atoms with van der Waals surface area (Å²) in [5.41, 5.74) is 2.16. The van der Waals surface area contributed by atoms with Gasteiger partial charge < -0.3 is 9.47 Å². The van der Waals surface area contributed by atoms with Crippen LogP contribution in [0.3, 0.4) is 0 Å². The molecular weight excluding hydrogens is 378 g/mol. The third-order valence-corrected chi connectivity index (χ3v) is 6.25. The van der Waals surface area contributed by atoms with Crippen LogP contribution in [0, 0.1) is 0 Å². The molecule has 5 heterocycles. The first-order chi connectivity index (χ1) is 13.2. The van der Waals surface area contributed by atoms with Gasteiger partial charge in [0.1, 0.15) is 11.9 Å². The van der Waals surface area contributed by atoms with E-state index in [2.05, 4.69) is 44.6 Å². The standard InChI is InChI=1S/C20H18ClN5S/c1-13-12-26-19(18(24-20(26)27-13)15-5-2-3-9-22-15)16-6-4-10-25(16)17-8-7-14(21)11-23-17/h2-11,13,18-19H,12H2,1H3/t13-,18+,19+/m1/s1. The molecule has 1 saturated heterocycles. The maximum Gasteiger partial charge on any atom is 0.160 e. The van der Waals surface area contributed by atoms with Gasteiger partial charge in [-0.15, -0.1) is 0 Å². The van der Waals surface area contributed by atoms with Crippen molar-refractivity contribution in [2.45, 2.75) is 24.3 Å². The number of amidine groups is 1.